The van der Waals surface area contributed by atoms with Crippen LogP contribution < -0.4 is 14.2 Å². The largest absolute Gasteiger partial charge is 0.513 e. The predicted octanol–water partition coefficient (Wildman–Crippen LogP) is 7.26. The van der Waals surface area contributed by atoms with E-state index in [4.69, 9.17) is 23.7 Å². The number of carbonyl (C=O) groups is 2. The van der Waals surface area contributed by atoms with E-state index in [0.29, 0.717) is 16.5 Å². The lowest BCUT2D eigenvalue weighted by atomic mass is 10.1. The Kier molecular flexibility index (Phi) is 8.94. The number of para-hydroxylation sites is 1. The second-order valence-corrected chi connectivity index (χ2v) is 7.27. The smallest absolute Gasteiger partial charge is 0.453 e. The van der Waals surface area contributed by atoms with E-state index >= 15 is 0 Å². The first-order valence-corrected chi connectivity index (χ1v) is 11.1. The van der Waals surface area contributed by atoms with Crippen LogP contribution in [0.4, 0.5) is 9.59 Å². The molecule has 0 fully saturated rings. The van der Waals surface area contributed by atoms with Crippen LogP contribution in [0, 0.1) is 0 Å². The van der Waals surface area contributed by atoms with Crippen LogP contribution in [0.2, 0.25) is 0 Å². The van der Waals surface area contributed by atoms with Crippen molar-refractivity contribution in [1.82, 2.24) is 0 Å². The topological polar surface area (TPSA) is 80.3 Å². The van der Waals surface area contributed by atoms with Crippen LogP contribution in [0.1, 0.15) is 39.5 Å². The van der Waals surface area contributed by atoms with Gasteiger partial charge < -0.3 is 23.7 Å². The second kappa shape index (κ2) is 12.3. The summed E-state index contributed by atoms with van der Waals surface area (Å²) in [6.45, 7) is 4.53. The number of hydrogen-bond acceptors (Lipinski definition) is 7. The number of unbranched alkanes of at least 4 members (excludes halogenated alkanes) is 2. The molecule has 0 saturated carbocycles. The first kappa shape index (κ1) is 23.9. The van der Waals surface area contributed by atoms with Crippen molar-refractivity contribution in [3.05, 3.63) is 60.7 Å². The zero-order valence-electron chi connectivity index (χ0n) is 18.9. The SMILES string of the molecule is CCCCOC(=O)Oc1cc(Oc2ccccc2)c(OC(=O)OCCCC)c2ccccc12. The van der Waals surface area contributed by atoms with Gasteiger partial charge in [-0.25, -0.2) is 9.59 Å². The summed E-state index contributed by atoms with van der Waals surface area (Å²) in [5.41, 5.74) is 0. The quantitative estimate of drug-likeness (QED) is 0.182. The third-order valence-electron chi connectivity index (χ3n) is 4.71. The molecule has 0 amide bonds. The molecule has 33 heavy (non-hydrogen) atoms. The van der Waals surface area contributed by atoms with Crippen LogP contribution in [0.5, 0.6) is 23.0 Å². The van der Waals surface area contributed by atoms with Crippen molar-refractivity contribution in [2.45, 2.75) is 39.5 Å². The molecular formula is C26H28O7. The van der Waals surface area contributed by atoms with Gasteiger partial charge in [0.2, 0.25) is 0 Å². The Bertz CT molecular complexity index is 1060. The molecule has 3 rings (SSSR count). The lowest BCUT2D eigenvalue weighted by molar-refractivity contribution is 0.0956. The number of carbonyl (C=O) groups excluding carboxylic acids is 2. The van der Waals surface area contributed by atoms with Crippen LogP contribution in [-0.4, -0.2) is 25.5 Å². The molecule has 0 radical (unpaired) electrons. The molecule has 0 spiro atoms. The molecule has 0 unspecified atom stereocenters. The fourth-order valence-corrected chi connectivity index (χ4v) is 3.00. The van der Waals surface area contributed by atoms with E-state index in [1.165, 1.54) is 6.07 Å². The predicted molar refractivity (Wildman–Crippen MR) is 124 cm³/mol. The molecule has 0 atom stereocenters. The van der Waals surface area contributed by atoms with Crippen molar-refractivity contribution in [3.63, 3.8) is 0 Å². The number of rotatable bonds is 10. The van der Waals surface area contributed by atoms with E-state index < -0.39 is 12.3 Å². The minimum atomic E-state index is -0.834. The normalized spacial score (nSPS) is 10.5. The molecule has 0 saturated heterocycles. The lowest BCUT2D eigenvalue weighted by Crippen LogP contribution is -2.13. The van der Waals surface area contributed by atoms with E-state index in [-0.39, 0.29) is 30.5 Å². The van der Waals surface area contributed by atoms with Crippen molar-refractivity contribution in [2.24, 2.45) is 0 Å². The average molecular weight is 453 g/mol. The highest BCUT2D eigenvalue weighted by molar-refractivity contribution is 5.97. The molecule has 174 valence electrons. The third kappa shape index (κ3) is 6.87. The monoisotopic (exact) mass is 452 g/mol. The van der Waals surface area contributed by atoms with Crippen LogP contribution in [0.25, 0.3) is 10.8 Å². The zero-order valence-corrected chi connectivity index (χ0v) is 18.9. The van der Waals surface area contributed by atoms with E-state index in [1.54, 1.807) is 36.4 Å². The highest BCUT2D eigenvalue weighted by Gasteiger charge is 2.21. The summed E-state index contributed by atoms with van der Waals surface area (Å²) in [7, 11) is 0. The van der Waals surface area contributed by atoms with Gasteiger partial charge in [-0.3, -0.25) is 0 Å². The molecule has 0 bridgehead atoms. The van der Waals surface area contributed by atoms with Crippen molar-refractivity contribution in [2.75, 3.05) is 13.2 Å². The number of fused-ring (bicyclic) bond motifs is 1. The molecule has 0 aliphatic rings. The number of ether oxygens (including phenoxy) is 5. The van der Waals surface area contributed by atoms with Gasteiger partial charge in [-0.15, -0.1) is 0 Å². The zero-order chi connectivity index (χ0) is 23.5. The molecule has 3 aromatic rings. The maximum absolute atomic E-state index is 12.3. The minimum absolute atomic E-state index is 0.169. The van der Waals surface area contributed by atoms with Gasteiger partial charge in [-0.2, -0.15) is 0 Å². The van der Waals surface area contributed by atoms with Gasteiger partial charge in [0.1, 0.15) is 11.5 Å². The summed E-state index contributed by atoms with van der Waals surface area (Å²) in [6.07, 6.45) is 1.61. The van der Waals surface area contributed by atoms with Crippen molar-refractivity contribution in [3.8, 4) is 23.0 Å². The third-order valence-corrected chi connectivity index (χ3v) is 4.71. The van der Waals surface area contributed by atoms with Gasteiger partial charge in [-0.1, -0.05) is 69.2 Å². The Morgan fingerprint density at radius 3 is 1.91 bits per heavy atom. The summed E-state index contributed by atoms with van der Waals surface area (Å²) in [5.74, 6) is 1.12. The first-order chi connectivity index (χ1) is 16.1. The molecule has 0 aliphatic heterocycles. The summed E-state index contributed by atoms with van der Waals surface area (Å²) < 4.78 is 27.3. The molecule has 3 aromatic carbocycles. The van der Waals surface area contributed by atoms with E-state index in [1.807, 2.05) is 32.0 Å². The molecule has 7 nitrogen and oxygen atoms in total. The lowest BCUT2D eigenvalue weighted by Gasteiger charge is -2.16. The van der Waals surface area contributed by atoms with Crippen LogP contribution in [0.3, 0.4) is 0 Å². The molecule has 0 aliphatic carbocycles. The maximum atomic E-state index is 12.3. The van der Waals surface area contributed by atoms with Crippen LogP contribution >= 0.6 is 0 Å². The Morgan fingerprint density at radius 2 is 1.27 bits per heavy atom. The van der Waals surface area contributed by atoms with Crippen molar-refractivity contribution >= 4 is 23.1 Å². The fraction of sp³-hybridized carbons (Fsp3) is 0.308. The Labute approximate surface area is 193 Å². The second-order valence-electron chi connectivity index (χ2n) is 7.27. The molecule has 7 heteroatoms. The average Bonchev–Trinajstić information content (AvgIpc) is 2.82. The van der Waals surface area contributed by atoms with Crippen LogP contribution in [-0.2, 0) is 9.47 Å². The molecule has 0 heterocycles. The maximum Gasteiger partial charge on any atom is 0.513 e. The van der Waals surface area contributed by atoms with Crippen molar-refractivity contribution < 1.29 is 33.3 Å². The van der Waals surface area contributed by atoms with Gasteiger partial charge in [0, 0.05) is 16.8 Å². The van der Waals surface area contributed by atoms with Gasteiger partial charge in [0.05, 0.1) is 13.2 Å². The Morgan fingerprint density at radius 1 is 0.697 bits per heavy atom. The highest BCUT2D eigenvalue weighted by atomic mass is 16.7. The highest BCUT2D eigenvalue weighted by Crippen LogP contribution is 2.43. The molecular weight excluding hydrogens is 424 g/mol. The van der Waals surface area contributed by atoms with Gasteiger partial charge >= 0.3 is 12.3 Å². The fourth-order valence-electron chi connectivity index (χ4n) is 3.00. The number of hydrogen-bond donors (Lipinski definition) is 0. The van der Waals surface area contributed by atoms with E-state index in [2.05, 4.69) is 0 Å². The van der Waals surface area contributed by atoms with Gasteiger partial charge in [0.25, 0.3) is 0 Å². The van der Waals surface area contributed by atoms with Gasteiger partial charge in [0.15, 0.2) is 11.5 Å². The standard InChI is InChI=1S/C26H28O7/c1-3-5-16-29-25(27)32-22-18-23(31-19-12-8-7-9-13-19)24(21-15-11-10-14-20(21)22)33-26(28)30-17-6-4-2/h7-15,18H,3-6,16-17H2,1-2H3. The summed E-state index contributed by atoms with van der Waals surface area (Å²) in [5, 5.41) is 1.08. The molecule has 0 aromatic heterocycles. The first-order valence-electron chi connectivity index (χ1n) is 11.1. The Hall–Kier alpha value is -3.74. The minimum Gasteiger partial charge on any atom is -0.453 e. The summed E-state index contributed by atoms with van der Waals surface area (Å²) >= 11 is 0. The van der Waals surface area contributed by atoms with E-state index in [0.717, 1.165) is 25.7 Å². The van der Waals surface area contributed by atoms with E-state index in [9.17, 15) is 9.59 Å². The summed E-state index contributed by atoms with van der Waals surface area (Å²) in [6, 6.07) is 17.6. The van der Waals surface area contributed by atoms with Crippen LogP contribution in [0.15, 0.2) is 60.7 Å². The molecule has 0 N–H and O–H groups in total. The van der Waals surface area contributed by atoms with Gasteiger partial charge in [-0.05, 0) is 25.0 Å². The summed E-state index contributed by atoms with van der Waals surface area (Å²) in [4.78, 5) is 24.6. The Balaban J connectivity index is 1.98. The van der Waals surface area contributed by atoms with Crippen molar-refractivity contribution in [1.29, 1.82) is 0 Å². The number of benzene rings is 3.